The number of hydrogen-bond acceptors (Lipinski definition) is 6. The second-order valence-electron chi connectivity index (χ2n) is 9.55. The summed E-state index contributed by atoms with van der Waals surface area (Å²) in [5.41, 5.74) is 2.91. The number of nitrogens with zero attached hydrogens (tertiary/aromatic N) is 6. The molecule has 6 nitrogen and oxygen atoms in total. The maximum Gasteiger partial charge on any atom is 0.224 e. The Labute approximate surface area is 218 Å². The number of anilines is 2. The average Bonchev–Trinajstić information content (AvgIpc) is 2.83. The highest BCUT2D eigenvalue weighted by Gasteiger charge is 2.30. The van der Waals surface area contributed by atoms with Crippen LogP contribution in [0, 0.1) is 17.8 Å². The molecule has 0 spiro atoms. The van der Waals surface area contributed by atoms with Gasteiger partial charge in [-0.05, 0) is 62.4 Å². The molecular formula is C27H26ClF3N6. The van der Waals surface area contributed by atoms with Gasteiger partial charge in [0.05, 0.1) is 33.9 Å². The van der Waals surface area contributed by atoms with Crippen molar-refractivity contribution in [3.8, 4) is 22.5 Å². The van der Waals surface area contributed by atoms with Crippen molar-refractivity contribution in [2.24, 2.45) is 0 Å². The second kappa shape index (κ2) is 9.97. The highest BCUT2D eigenvalue weighted by atomic mass is 35.5. The van der Waals surface area contributed by atoms with Gasteiger partial charge in [-0.3, -0.25) is 9.97 Å². The van der Waals surface area contributed by atoms with Crippen molar-refractivity contribution in [3.05, 3.63) is 82.9 Å². The molecule has 0 unspecified atom stereocenters. The topological polar surface area (TPSA) is 58.0 Å². The first kappa shape index (κ1) is 26.3. The largest absolute Gasteiger partial charge is 0.378 e. The number of aromatic nitrogens is 4. The van der Waals surface area contributed by atoms with E-state index in [1.807, 2.05) is 64.0 Å². The lowest BCUT2D eigenvalue weighted by Gasteiger charge is -2.28. The van der Waals surface area contributed by atoms with E-state index in [-0.39, 0.29) is 16.3 Å². The Hall–Kier alpha value is -3.72. The Morgan fingerprint density at radius 3 is 1.54 bits per heavy atom. The van der Waals surface area contributed by atoms with Crippen molar-refractivity contribution in [1.82, 2.24) is 19.9 Å². The smallest absolute Gasteiger partial charge is 0.224 e. The lowest BCUT2D eigenvalue weighted by Crippen LogP contribution is -2.24. The van der Waals surface area contributed by atoms with Gasteiger partial charge in [0.1, 0.15) is 5.15 Å². The lowest BCUT2D eigenvalue weighted by molar-refractivity contribution is 0.514. The molecule has 0 atom stereocenters. The number of halogens is 4. The molecule has 4 aromatic rings. The van der Waals surface area contributed by atoms with Crippen molar-refractivity contribution < 1.29 is 13.2 Å². The highest BCUT2D eigenvalue weighted by Crippen LogP contribution is 2.37. The van der Waals surface area contributed by atoms with Crippen LogP contribution in [0.1, 0.15) is 25.2 Å². The summed E-state index contributed by atoms with van der Waals surface area (Å²) in [6, 6.07) is 12.7. The summed E-state index contributed by atoms with van der Waals surface area (Å²) in [6.45, 7) is 3.86. The monoisotopic (exact) mass is 526 g/mol. The predicted molar refractivity (Wildman–Crippen MR) is 141 cm³/mol. The minimum absolute atomic E-state index is 0.0466. The molecule has 0 saturated heterocycles. The molecule has 0 aliphatic heterocycles. The van der Waals surface area contributed by atoms with E-state index in [2.05, 4.69) is 9.97 Å². The first-order chi connectivity index (χ1) is 17.4. The first-order valence-corrected chi connectivity index (χ1v) is 11.8. The molecule has 4 rings (SSSR count). The van der Waals surface area contributed by atoms with E-state index < -0.39 is 23.3 Å². The molecule has 0 aromatic carbocycles. The summed E-state index contributed by atoms with van der Waals surface area (Å²) in [6.07, 6.45) is 0. The highest BCUT2D eigenvalue weighted by molar-refractivity contribution is 6.29. The van der Waals surface area contributed by atoms with Gasteiger partial charge in [-0.25, -0.2) is 4.98 Å². The van der Waals surface area contributed by atoms with Crippen molar-refractivity contribution in [2.45, 2.75) is 19.3 Å². The zero-order valence-corrected chi connectivity index (χ0v) is 22.1. The molecule has 37 heavy (non-hydrogen) atoms. The molecule has 0 radical (unpaired) electrons. The summed E-state index contributed by atoms with van der Waals surface area (Å²) in [5.74, 6) is -2.59. The number of hydrogen-bond donors (Lipinski definition) is 0. The predicted octanol–water partition coefficient (Wildman–Crippen LogP) is 6.13. The van der Waals surface area contributed by atoms with Crippen molar-refractivity contribution in [2.75, 3.05) is 38.0 Å². The Bertz CT molecular complexity index is 1360. The molecule has 0 aliphatic carbocycles. The van der Waals surface area contributed by atoms with Crippen LogP contribution >= 0.6 is 11.6 Å². The van der Waals surface area contributed by atoms with Gasteiger partial charge < -0.3 is 9.80 Å². The van der Waals surface area contributed by atoms with Crippen LogP contribution in [0.5, 0.6) is 0 Å². The Morgan fingerprint density at radius 1 is 0.649 bits per heavy atom. The normalized spacial score (nSPS) is 11.5. The number of pyridine rings is 4. The fraction of sp³-hybridized carbons (Fsp3) is 0.259. The minimum Gasteiger partial charge on any atom is -0.378 e. The zero-order valence-electron chi connectivity index (χ0n) is 21.3. The van der Waals surface area contributed by atoms with Gasteiger partial charge in [0.2, 0.25) is 17.8 Å². The maximum absolute atomic E-state index is 14.7. The third-order valence-electron chi connectivity index (χ3n) is 6.12. The first-order valence-electron chi connectivity index (χ1n) is 11.4. The van der Waals surface area contributed by atoms with Gasteiger partial charge in [0.25, 0.3) is 0 Å². The summed E-state index contributed by atoms with van der Waals surface area (Å²) in [7, 11) is 7.46. The quantitative estimate of drug-likeness (QED) is 0.282. The van der Waals surface area contributed by atoms with Crippen LogP contribution in [-0.4, -0.2) is 48.1 Å². The zero-order chi connectivity index (χ0) is 27.1. The third kappa shape index (κ3) is 5.36. The molecule has 4 aromatic heterocycles. The molecule has 4 heterocycles. The molecule has 0 fully saturated rings. The van der Waals surface area contributed by atoms with Gasteiger partial charge in [-0.2, -0.15) is 18.2 Å². The van der Waals surface area contributed by atoms with E-state index in [1.54, 1.807) is 12.1 Å². The van der Waals surface area contributed by atoms with Gasteiger partial charge in [-0.15, -0.1) is 0 Å². The second-order valence-corrected chi connectivity index (χ2v) is 9.94. The third-order valence-corrected chi connectivity index (χ3v) is 6.33. The standard InChI is InChI=1S/C27H26ClF3N6/c1-27(2,21-13-15(36(3)4)11-19(32-21)17-7-9-23(28)34-25(17)30)22-14-16(37(5)6)12-20(33-22)18-8-10-24(29)35-26(18)31/h7-14H,1-6H3. The molecule has 10 heteroatoms. The molecule has 0 amide bonds. The van der Waals surface area contributed by atoms with Crippen LogP contribution in [0.2, 0.25) is 5.15 Å². The van der Waals surface area contributed by atoms with Gasteiger partial charge in [0.15, 0.2) is 0 Å². The van der Waals surface area contributed by atoms with E-state index >= 15 is 0 Å². The molecule has 0 saturated carbocycles. The van der Waals surface area contributed by atoms with Gasteiger partial charge >= 0.3 is 0 Å². The van der Waals surface area contributed by atoms with E-state index in [9.17, 15) is 13.2 Å². The molecule has 0 bridgehead atoms. The molecule has 192 valence electrons. The lowest BCUT2D eigenvalue weighted by atomic mass is 9.83. The molecule has 0 N–H and O–H groups in total. The van der Waals surface area contributed by atoms with Crippen LogP contribution in [0.4, 0.5) is 24.5 Å². The van der Waals surface area contributed by atoms with Gasteiger partial charge in [0, 0.05) is 45.0 Å². The van der Waals surface area contributed by atoms with E-state index in [4.69, 9.17) is 21.6 Å². The van der Waals surface area contributed by atoms with Crippen molar-refractivity contribution in [3.63, 3.8) is 0 Å². The van der Waals surface area contributed by atoms with Crippen molar-refractivity contribution >= 4 is 23.0 Å². The summed E-state index contributed by atoms with van der Waals surface area (Å²) in [4.78, 5) is 20.3. The van der Waals surface area contributed by atoms with Crippen LogP contribution in [-0.2, 0) is 5.41 Å². The summed E-state index contributed by atoms with van der Waals surface area (Å²) < 4.78 is 42.8. The maximum atomic E-state index is 14.7. The summed E-state index contributed by atoms with van der Waals surface area (Å²) in [5, 5.41) is 0.0466. The Kier molecular flexibility index (Phi) is 7.10. The summed E-state index contributed by atoms with van der Waals surface area (Å²) >= 11 is 5.85. The Balaban J connectivity index is 1.92. The number of rotatable bonds is 6. The average molecular weight is 527 g/mol. The molecular weight excluding hydrogens is 501 g/mol. The van der Waals surface area contributed by atoms with Crippen molar-refractivity contribution in [1.29, 1.82) is 0 Å². The van der Waals surface area contributed by atoms with Crippen LogP contribution < -0.4 is 9.80 Å². The Morgan fingerprint density at radius 2 is 1.11 bits per heavy atom. The minimum atomic E-state index is -0.951. The van der Waals surface area contributed by atoms with E-state index in [0.29, 0.717) is 22.8 Å². The SMILES string of the molecule is CN(C)c1cc(-c2ccc(F)nc2F)nc(C(C)(C)c2cc(N(C)C)cc(-c3ccc(Cl)nc3F)n2)c1. The fourth-order valence-corrected chi connectivity index (χ4v) is 3.94. The van der Waals surface area contributed by atoms with E-state index in [1.165, 1.54) is 18.2 Å². The van der Waals surface area contributed by atoms with Crippen LogP contribution in [0.25, 0.3) is 22.5 Å². The fourth-order valence-electron chi connectivity index (χ4n) is 3.80. The molecule has 0 aliphatic rings. The van der Waals surface area contributed by atoms with Crippen LogP contribution in [0.3, 0.4) is 0 Å². The van der Waals surface area contributed by atoms with Gasteiger partial charge in [-0.1, -0.05) is 11.6 Å². The van der Waals surface area contributed by atoms with Crippen LogP contribution in [0.15, 0.2) is 48.5 Å². The van der Waals surface area contributed by atoms with E-state index in [0.717, 1.165) is 17.4 Å².